The summed E-state index contributed by atoms with van der Waals surface area (Å²) in [5, 5.41) is 10.4. The number of H-pyrrole nitrogens is 1. The molecule has 2 aromatic carbocycles. The molecule has 6 nitrogen and oxygen atoms in total. The third kappa shape index (κ3) is 6.02. The second-order valence-corrected chi connectivity index (χ2v) is 7.67. The highest BCUT2D eigenvalue weighted by atomic mass is 32.2. The van der Waals surface area contributed by atoms with Crippen LogP contribution in [0.15, 0.2) is 59.8 Å². The number of thioether (sulfide) groups is 1. The predicted molar refractivity (Wildman–Crippen MR) is 115 cm³/mol. The monoisotopic (exact) mass is 408 g/mol. The van der Waals surface area contributed by atoms with Crippen LogP contribution in [0.4, 0.5) is 0 Å². The van der Waals surface area contributed by atoms with Gasteiger partial charge >= 0.3 is 0 Å². The van der Waals surface area contributed by atoms with Crippen LogP contribution >= 0.6 is 11.8 Å². The van der Waals surface area contributed by atoms with Gasteiger partial charge in [0.25, 0.3) is 0 Å². The summed E-state index contributed by atoms with van der Waals surface area (Å²) in [6, 6.07) is 17.2. The van der Waals surface area contributed by atoms with Crippen molar-refractivity contribution in [1.29, 1.82) is 0 Å². The lowest BCUT2D eigenvalue weighted by Crippen LogP contribution is -2.42. The average molecular weight is 409 g/mol. The molecule has 3 aromatic rings. The second kappa shape index (κ2) is 10.0. The van der Waals surface area contributed by atoms with Crippen LogP contribution in [0.1, 0.15) is 25.0 Å². The predicted octanol–water partition coefficient (Wildman–Crippen LogP) is 3.44. The minimum absolute atomic E-state index is 0.0668. The lowest BCUT2D eigenvalue weighted by atomic mass is 10.0. The summed E-state index contributed by atoms with van der Waals surface area (Å²) in [5.74, 6) is 0.527. The Morgan fingerprint density at radius 3 is 2.45 bits per heavy atom. The first-order chi connectivity index (χ1) is 14.0. The minimum Gasteiger partial charge on any atom is -0.345 e. The van der Waals surface area contributed by atoms with Crippen LogP contribution in [0.5, 0.6) is 0 Å². The molecule has 0 aliphatic rings. The van der Waals surface area contributed by atoms with E-state index in [0.717, 1.165) is 17.5 Å². The number of aromatic amines is 1. The molecule has 0 saturated heterocycles. The van der Waals surface area contributed by atoms with Gasteiger partial charge in [0.2, 0.25) is 11.1 Å². The van der Waals surface area contributed by atoms with Crippen molar-refractivity contribution in [3.05, 3.63) is 65.7 Å². The number of Topliss-reactive ketones (excluding diaryl/α,β-unsaturated/α-hetero) is 1. The molecular formula is C22H24N4O2S. The lowest BCUT2D eigenvalue weighted by Gasteiger charge is -2.15. The topological polar surface area (TPSA) is 87.7 Å². The molecule has 1 aromatic heterocycles. The second-order valence-electron chi connectivity index (χ2n) is 6.73. The number of nitrogens with zero attached hydrogens (tertiary/aromatic N) is 2. The molecule has 150 valence electrons. The van der Waals surface area contributed by atoms with E-state index in [4.69, 9.17) is 0 Å². The lowest BCUT2D eigenvalue weighted by molar-refractivity contribution is -0.125. The zero-order valence-corrected chi connectivity index (χ0v) is 17.3. The quantitative estimate of drug-likeness (QED) is 0.530. The Bertz CT molecular complexity index is 954. The Hall–Kier alpha value is -2.93. The number of hydrogen-bond donors (Lipinski definition) is 2. The average Bonchev–Trinajstić information content (AvgIpc) is 3.21. The molecule has 0 aliphatic carbocycles. The Kier molecular flexibility index (Phi) is 7.19. The number of amides is 1. The third-order valence-electron chi connectivity index (χ3n) is 4.54. The van der Waals surface area contributed by atoms with Gasteiger partial charge in [0, 0.05) is 5.56 Å². The highest BCUT2D eigenvalue weighted by Gasteiger charge is 2.18. The molecular weight excluding hydrogens is 384 g/mol. The van der Waals surface area contributed by atoms with Crippen molar-refractivity contribution < 1.29 is 9.59 Å². The van der Waals surface area contributed by atoms with Crippen molar-refractivity contribution in [2.75, 3.05) is 5.75 Å². The Balaban J connectivity index is 1.54. The zero-order valence-electron chi connectivity index (χ0n) is 16.5. The van der Waals surface area contributed by atoms with Crippen molar-refractivity contribution in [3.63, 3.8) is 0 Å². The molecule has 1 heterocycles. The van der Waals surface area contributed by atoms with Crippen LogP contribution in [0, 0.1) is 0 Å². The summed E-state index contributed by atoms with van der Waals surface area (Å²) in [7, 11) is 0. The fraction of sp³-hybridized carbons (Fsp3) is 0.273. The number of nitrogens with one attached hydrogen (secondary N) is 2. The van der Waals surface area contributed by atoms with Gasteiger partial charge in [-0.05, 0) is 30.9 Å². The van der Waals surface area contributed by atoms with E-state index in [2.05, 4.69) is 39.6 Å². The Labute approximate surface area is 174 Å². The van der Waals surface area contributed by atoms with Crippen LogP contribution in [0.25, 0.3) is 11.4 Å². The highest BCUT2D eigenvalue weighted by Crippen LogP contribution is 2.19. The van der Waals surface area contributed by atoms with E-state index < -0.39 is 6.04 Å². The highest BCUT2D eigenvalue weighted by molar-refractivity contribution is 7.99. The molecule has 2 N–H and O–H groups in total. The number of benzene rings is 2. The molecule has 1 amide bonds. The van der Waals surface area contributed by atoms with Crippen LogP contribution < -0.4 is 5.32 Å². The van der Waals surface area contributed by atoms with Gasteiger partial charge in [-0.25, -0.2) is 4.98 Å². The number of carbonyl (C=O) groups excluding carboxylic acids is 2. The summed E-state index contributed by atoms with van der Waals surface area (Å²) in [6.45, 7) is 3.60. The van der Waals surface area contributed by atoms with Gasteiger partial charge in [-0.1, -0.05) is 73.3 Å². The molecule has 0 bridgehead atoms. The molecule has 3 rings (SSSR count). The fourth-order valence-corrected chi connectivity index (χ4v) is 3.46. The SMILES string of the molecule is CCc1ccc(-c2nc(SCC(=O)N[C@@H](Cc3ccccc3)C(C)=O)n[nH]2)cc1. The number of rotatable bonds is 9. The zero-order chi connectivity index (χ0) is 20.6. The van der Waals surface area contributed by atoms with Gasteiger partial charge in [-0.2, -0.15) is 0 Å². The van der Waals surface area contributed by atoms with E-state index in [1.165, 1.54) is 24.2 Å². The van der Waals surface area contributed by atoms with Crippen molar-refractivity contribution in [3.8, 4) is 11.4 Å². The van der Waals surface area contributed by atoms with Gasteiger partial charge in [0.15, 0.2) is 11.6 Å². The number of carbonyl (C=O) groups is 2. The number of aryl methyl sites for hydroxylation is 1. The van der Waals surface area contributed by atoms with Crippen LogP contribution in [0.3, 0.4) is 0 Å². The van der Waals surface area contributed by atoms with Crippen molar-refractivity contribution >= 4 is 23.5 Å². The first kappa shape index (κ1) is 20.8. The summed E-state index contributed by atoms with van der Waals surface area (Å²) >= 11 is 1.23. The standard InChI is InChI=1S/C22H24N4O2S/c1-3-16-9-11-18(12-10-16)21-24-22(26-25-21)29-14-20(28)23-19(15(2)27)13-17-7-5-4-6-8-17/h4-12,19H,3,13-14H2,1-2H3,(H,23,28)(H,24,25,26)/t19-/m0/s1. The summed E-state index contributed by atoms with van der Waals surface area (Å²) in [5.41, 5.74) is 3.22. The Morgan fingerprint density at radius 2 is 1.79 bits per heavy atom. The minimum atomic E-state index is -0.537. The van der Waals surface area contributed by atoms with Gasteiger partial charge in [-0.15, -0.1) is 5.10 Å². The van der Waals surface area contributed by atoms with Gasteiger partial charge < -0.3 is 5.32 Å². The molecule has 0 fully saturated rings. The first-order valence-electron chi connectivity index (χ1n) is 9.53. The van der Waals surface area contributed by atoms with Crippen LogP contribution in [-0.4, -0.2) is 38.7 Å². The molecule has 7 heteroatoms. The van der Waals surface area contributed by atoms with Crippen LogP contribution in [0.2, 0.25) is 0 Å². The molecule has 0 unspecified atom stereocenters. The van der Waals surface area contributed by atoms with Crippen molar-refractivity contribution in [2.24, 2.45) is 0 Å². The van der Waals surface area contributed by atoms with Crippen LogP contribution in [-0.2, 0) is 22.4 Å². The van der Waals surface area contributed by atoms with E-state index in [0.29, 0.717) is 17.4 Å². The summed E-state index contributed by atoms with van der Waals surface area (Å²) < 4.78 is 0. The largest absolute Gasteiger partial charge is 0.345 e. The van der Waals surface area contributed by atoms with Gasteiger partial charge in [0.05, 0.1) is 11.8 Å². The molecule has 0 saturated carbocycles. The molecule has 29 heavy (non-hydrogen) atoms. The molecule has 0 spiro atoms. The first-order valence-corrected chi connectivity index (χ1v) is 10.5. The smallest absolute Gasteiger partial charge is 0.231 e. The van der Waals surface area contributed by atoms with E-state index in [-0.39, 0.29) is 17.4 Å². The van der Waals surface area contributed by atoms with Crippen molar-refractivity contribution in [2.45, 2.75) is 37.9 Å². The molecule has 0 radical (unpaired) electrons. The molecule has 1 atom stereocenters. The normalized spacial score (nSPS) is 11.8. The maximum atomic E-state index is 12.3. The van der Waals surface area contributed by atoms with E-state index >= 15 is 0 Å². The maximum Gasteiger partial charge on any atom is 0.231 e. The van der Waals surface area contributed by atoms with E-state index in [1.54, 1.807) is 0 Å². The summed E-state index contributed by atoms with van der Waals surface area (Å²) in [4.78, 5) is 28.7. The van der Waals surface area contributed by atoms with E-state index in [9.17, 15) is 9.59 Å². The van der Waals surface area contributed by atoms with Gasteiger partial charge in [-0.3, -0.25) is 14.7 Å². The Morgan fingerprint density at radius 1 is 1.07 bits per heavy atom. The van der Waals surface area contributed by atoms with Crippen molar-refractivity contribution in [1.82, 2.24) is 20.5 Å². The number of hydrogen-bond acceptors (Lipinski definition) is 5. The number of aromatic nitrogens is 3. The van der Waals surface area contributed by atoms with E-state index in [1.807, 2.05) is 42.5 Å². The third-order valence-corrected chi connectivity index (χ3v) is 5.39. The van der Waals surface area contributed by atoms with Gasteiger partial charge in [0.1, 0.15) is 0 Å². The molecule has 0 aliphatic heterocycles. The maximum absolute atomic E-state index is 12.3. The fourth-order valence-electron chi connectivity index (χ4n) is 2.85. The summed E-state index contributed by atoms with van der Waals surface area (Å²) in [6.07, 6.45) is 1.46. The number of ketones is 1.